The van der Waals surface area contributed by atoms with Crippen LogP contribution in [0.5, 0.6) is 11.8 Å². The van der Waals surface area contributed by atoms with E-state index in [0.29, 0.717) is 49.6 Å². The van der Waals surface area contributed by atoms with E-state index in [4.69, 9.17) is 24.1 Å². The summed E-state index contributed by atoms with van der Waals surface area (Å²) in [6.07, 6.45) is -6.46. The molecule has 4 rings (SSSR count). The molecule has 2 aromatic rings. The molecule has 1 fully saturated rings. The lowest BCUT2D eigenvalue weighted by atomic mass is 10.1. The Morgan fingerprint density at radius 1 is 1.02 bits per heavy atom. The summed E-state index contributed by atoms with van der Waals surface area (Å²) in [4.78, 5) is 37.1. The van der Waals surface area contributed by atoms with Crippen molar-refractivity contribution in [3.8, 4) is 11.8 Å². The molecule has 2 aromatic heterocycles. The summed E-state index contributed by atoms with van der Waals surface area (Å²) < 4.78 is 88.5. The first-order chi connectivity index (χ1) is 19.4. The number of pyridine rings is 1. The van der Waals surface area contributed by atoms with E-state index in [1.807, 2.05) is 20.8 Å². The van der Waals surface area contributed by atoms with Crippen LogP contribution in [0.1, 0.15) is 44.0 Å². The number of aromatic nitrogens is 3. The Bertz CT molecular complexity index is 1280. The van der Waals surface area contributed by atoms with Crippen molar-refractivity contribution in [1.82, 2.24) is 19.9 Å². The summed E-state index contributed by atoms with van der Waals surface area (Å²) >= 11 is 0. The zero-order chi connectivity index (χ0) is 31.5. The minimum atomic E-state index is -5.08. The van der Waals surface area contributed by atoms with E-state index in [1.54, 1.807) is 9.80 Å². The zero-order valence-corrected chi connectivity index (χ0v) is 23.0. The maximum absolute atomic E-state index is 13.5. The Labute approximate surface area is 236 Å². The highest BCUT2D eigenvalue weighted by atomic mass is 19.4. The molecule has 42 heavy (non-hydrogen) atoms. The van der Waals surface area contributed by atoms with Gasteiger partial charge < -0.3 is 29.1 Å². The highest BCUT2D eigenvalue weighted by Gasteiger charge is 2.38. The van der Waals surface area contributed by atoms with Gasteiger partial charge in [0.05, 0.1) is 43.3 Å². The summed E-state index contributed by atoms with van der Waals surface area (Å²) in [5.74, 6) is -2.86. The van der Waals surface area contributed by atoms with Crippen molar-refractivity contribution in [3.63, 3.8) is 0 Å². The van der Waals surface area contributed by atoms with Crippen molar-refractivity contribution in [2.45, 2.75) is 64.2 Å². The first kappa shape index (κ1) is 32.5. The zero-order valence-electron chi connectivity index (χ0n) is 23.0. The minimum Gasteiger partial charge on any atom is -0.481 e. The Morgan fingerprint density at radius 2 is 1.69 bits per heavy atom. The third-order valence-electron chi connectivity index (χ3n) is 5.98. The molecule has 2 aliphatic rings. The number of carboxylic acid groups (broad SMARTS) is 1. The molecule has 0 radical (unpaired) electrons. The predicted octanol–water partition coefficient (Wildman–Crippen LogP) is 4.48. The molecular weight excluding hydrogens is 580 g/mol. The number of anilines is 1. The van der Waals surface area contributed by atoms with Crippen molar-refractivity contribution >= 4 is 17.7 Å². The van der Waals surface area contributed by atoms with Gasteiger partial charge in [-0.05, 0) is 26.8 Å². The van der Waals surface area contributed by atoms with Gasteiger partial charge in [-0.15, -0.1) is 0 Å². The molecule has 1 atom stereocenters. The lowest BCUT2D eigenvalue weighted by Crippen LogP contribution is -2.36. The smallest absolute Gasteiger partial charge is 0.481 e. The largest absolute Gasteiger partial charge is 0.490 e. The van der Waals surface area contributed by atoms with Crippen LogP contribution in [-0.2, 0) is 28.7 Å². The van der Waals surface area contributed by atoms with Gasteiger partial charge in [-0.25, -0.2) is 24.5 Å². The molecule has 2 aliphatic heterocycles. The molecule has 232 valence electrons. The van der Waals surface area contributed by atoms with Crippen LogP contribution < -0.4 is 14.4 Å². The van der Waals surface area contributed by atoms with Crippen LogP contribution in [0.4, 0.5) is 36.8 Å². The van der Waals surface area contributed by atoms with Crippen LogP contribution in [0, 0.1) is 0 Å². The monoisotopic (exact) mass is 609 g/mol. The fraction of sp³-hybridized carbons (Fsp3) is 0.560. The van der Waals surface area contributed by atoms with Gasteiger partial charge in [-0.2, -0.15) is 26.3 Å². The molecule has 11 nitrogen and oxygen atoms in total. The fourth-order valence-corrected chi connectivity index (χ4v) is 4.09. The van der Waals surface area contributed by atoms with E-state index in [0.717, 1.165) is 18.9 Å². The topological polar surface area (TPSA) is 127 Å². The number of carbonyl (C=O) groups excluding carboxylic acids is 1. The molecule has 1 amide bonds. The Morgan fingerprint density at radius 3 is 2.26 bits per heavy atom. The Kier molecular flexibility index (Phi) is 9.62. The van der Waals surface area contributed by atoms with Crippen LogP contribution in [0.15, 0.2) is 18.6 Å². The number of ether oxygens (including phenoxy) is 3. The van der Waals surface area contributed by atoms with Crippen molar-refractivity contribution < 1.29 is 55.2 Å². The fourth-order valence-electron chi connectivity index (χ4n) is 4.09. The van der Waals surface area contributed by atoms with E-state index in [1.165, 1.54) is 12.5 Å². The second-order valence-electron chi connectivity index (χ2n) is 10.3. The number of carboxylic acids is 1. The number of methoxy groups -OCH3 is 1. The number of carbonyl (C=O) groups is 2. The number of hydrogen-bond acceptors (Lipinski definition) is 9. The summed E-state index contributed by atoms with van der Waals surface area (Å²) in [5, 5.41) is 7.12. The predicted molar refractivity (Wildman–Crippen MR) is 133 cm³/mol. The molecule has 17 heteroatoms. The maximum atomic E-state index is 13.5. The second kappa shape index (κ2) is 12.4. The maximum Gasteiger partial charge on any atom is 0.490 e. The Balaban J connectivity index is 0.000000616. The lowest BCUT2D eigenvalue weighted by molar-refractivity contribution is -0.192. The van der Waals surface area contributed by atoms with Crippen LogP contribution >= 0.6 is 0 Å². The number of fused-ring (bicyclic) bond motifs is 1. The summed E-state index contributed by atoms with van der Waals surface area (Å²) in [6.45, 7) is 7.01. The molecule has 0 spiro atoms. The third-order valence-corrected chi connectivity index (χ3v) is 5.98. The summed E-state index contributed by atoms with van der Waals surface area (Å²) in [5.41, 5.74) is 0.283. The van der Waals surface area contributed by atoms with E-state index in [2.05, 4.69) is 15.0 Å². The number of amides is 1. The van der Waals surface area contributed by atoms with Crippen LogP contribution in [0.3, 0.4) is 0 Å². The molecule has 4 heterocycles. The van der Waals surface area contributed by atoms with Gasteiger partial charge in [0.25, 0.3) is 0 Å². The SMILES string of the molecule is COc1ncc(N2CCc3ncnc(O[C@H]4CCN(C(=O)OC(C)(C)C)C4)c3C2)cc1C(F)(F)F.O=C(O)C(F)(F)F. The quantitative estimate of drug-likeness (QED) is 0.496. The number of likely N-dealkylation sites (tertiary alicyclic amines) is 1. The molecule has 0 unspecified atom stereocenters. The van der Waals surface area contributed by atoms with E-state index < -0.39 is 41.5 Å². The molecular formula is C25H29F6N5O6. The molecule has 0 aliphatic carbocycles. The van der Waals surface area contributed by atoms with E-state index in [-0.39, 0.29) is 12.6 Å². The molecule has 0 aromatic carbocycles. The number of halogens is 6. The Hall–Kier alpha value is -4.05. The highest BCUT2D eigenvalue weighted by molar-refractivity contribution is 5.73. The molecule has 1 N–H and O–H groups in total. The van der Waals surface area contributed by atoms with E-state index >= 15 is 0 Å². The average Bonchev–Trinajstić information content (AvgIpc) is 3.35. The summed E-state index contributed by atoms with van der Waals surface area (Å²) in [6, 6.07) is 1.04. The highest BCUT2D eigenvalue weighted by Crippen LogP contribution is 2.38. The van der Waals surface area contributed by atoms with Gasteiger partial charge in [0.2, 0.25) is 11.8 Å². The van der Waals surface area contributed by atoms with Gasteiger partial charge in [-0.3, -0.25) is 0 Å². The van der Waals surface area contributed by atoms with Crippen molar-refractivity contribution in [3.05, 3.63) is 35.4 Å². The molecule has 1 saturated heterocycles. The summed E-state index contributed by atoms with van der Waals surface area (Å²) in [7, 11) is 1.16. The number of alkyl halides is 6. The molecule has 0 saturated carbocycles. The number of aliphatic carboxylic acids is 1. The first-order valence-electron chi connectivity index (χ1n) is 12.5. The van der Waals surface area contributed by atoms with Gasteiger partial charge in [0.1, 0.15) is 23.6 Å². The first-order valence-corrected chi connectivity index (χ1v) is 12.5. The van der Waals surface area contributed by atoms with Crippen LogP contribution in [0.2, 0.25) is 0 Å². The van der Waals surface area contributed by atoms with Crippen molar-refractivity contribution in [2.75, 3.05) is 31.6 Å². The number of rotatable bonds is 4. The van der Waals surface area contributed by atoms with Crippen molar-refractivity contribution in [2.24, 2.45) is 0 Å². The van der Waals surface area contributed by atoms with Crippen LogP contribution in [0.25, 0.3) is 0 Å². The minimum absolute atomic E-state index is 0.263. The third kappa shape index (κ3) is 8.48. The van der Waals surface area contributed by atoms with E-state index in [9.17, 15) is 31.1 Å². The average molecular weight is 610 g/mol. The van der Waals surface area contributed by atoms with Gasteiger partial charge in [0, 0.05) is 25.9 Å². The van der Waals surface area contributed by atoms with Crippen molar-refractivity contribution in [1.29, 1.82) is 0 Å². The lowest BCUT2D eigenvalue weighted by Gasteiger charge is -2.31. The second-order valence-corrected chi connectivity index (χ2v) is 10.3. The standard InChI is InChI=1S/C23H28F3N5O4.C2HF3O2/c1-22(2,3)35-21(32)31-7-5-15(11-31)34-19-16-12-30(8-6-18(16)28-13-29-19)14-9-17(23(24,25)26)20(33-4)27-10-14;3-2(4,5)1(6)7/h9-10,13,15H,5-8,11-12H2,1-4H3;(H,6,7)/t15-;/m0./s1. The van der Waals surface area contributed by atoms with Crippen LogP contribution in [-0.4, -0.2) is 81.6 Å². The van der Waals surface area contributed by atoms with Gasteiger partial charge >= 0.3 is 24.4 Å². The van der Waals surface area contributed by atoms with Gasteiger partial charge in [-0.1, -0.05) is 0 Å². The number of nitrogens with zero attached hydrogens (tertiary/aromatic N) is 5. The normalized spacial score (nSPS) is 17.1. The number of hydrogen-bond donors (Lipinski definition) is 1. The molecule has 0 bridgehead atoms. The van der Waals surface area contributed by atoms with Gasteiger partial charge in [0.15, 0.2) is 0 Å².